The van der Waals surface area contributed by atoms with Crippen molar-refractivity contribution < 1.29 is 0 Å². The predicted octanol–water partition coefficient (Wildman–Crippen LogP) is 0.777. The number of hydrogen-bond donors (Lipinski definition) is 1. The Morgan fingerprint density at radius 2 is 2.06 bits per heavy atom. The van der Waals surface area contributed by atoms with Gasteiger partial charge in [0.05, 0.1) is 6.54 Å². The van der Waals surface area contributed by atoms with Crippen LogP contribution >= 0.6 is 0 Å². The molecule has 1 saturated heterocycles. The minimum Gasteiger partial charge on any atom is -0.357 e. The number of likely N-dealkylation sites (tertiary alicyclic amines) is 1. The largest absolute Gasteiger partial charge is 0.357 e. The van der Waals surface area contributed by atoms with Crippen molar-refractivity contribution in [3.05, 3.63) is 22.1 Å². The number of piperidine rings is 1. The summed E-state index contributed by atoms with van der Waals surface area (Å²) in [6, 6.07) is 1.56. The molecular weight excluding hydrogens is 230 g/mol. The average Bonchev–Trinajstić information content (AvgIpc) is 2.39. The second-order valence-corrected chi connectivity index (χ2v) is 4.83. The Morgan fingerprint density at radius 3 is 2.83 bits per heavy atom. The molecule has 0 bridgehead atoms. The van der Waals surface area contributed by atoms with Crippen LogP contribution < -0.4 is 11.0 Å². The highest BCUT2D eigenvalue weighted by atomic mass is 16.1. The lowest BCUT2D eigenvalue weighted by molar-refractivity contribution is 0.332. The van der Waals surface area contributed by atoms with Crippen molar-refractivity contribution in [2.75, 3.05) is 18.5 Å². The summed E-state index contributed by atoms with van der Waals surface area (Å²) in [6.45, 7) is 4.40. The van der Waals surface area contributed by atoms with Gasteiger partial charge in [0.2, 0.25) is 5.95 Å². The molecule has 2 aliphatic rings. The fraction of sp³-hybridized carbons (Fsp3) is 0.583. The number of hydrazone groups is 1. The van der Waals surface area contributed by atoms with Crippen LogP contribution in [0, 0.1) is 6.92 Å². The molecule has 0 atom stereocenters. The van der Waals surface area contributed by atoms with E-state index in [0.717, 1.165) is 24.6 Å². The quantitative estimate of drug-likeness (QED) is 0.736. The van der Waals surface area contributed by atoms with Crippen LogP contribution in [0.25, 0.3) is 0 Å². The van der Waals surface area contributed by atoms with Crippen LogP contribution in [0.4, 0.5) is 5.95 Å². The van der Waals surface area contributed by atoms with E-state index < -0.39 is 0 Å². The van der Waals surface area contributed by atoms with Gasteiger partial charge in [-0.05, 0) is 26.2 Å². The molecule has 3 rings (SSSR count). The zero-order valence-corrected chi connectivity index (χ0v) is 10.5. The van der Waals surface area contributed by atoms with Crippen LogP contribution in [0.5, 0.6) is 0 Å². The monoisotopic (exact) mass is 247 g/mol. The van der Waals surface area contributed by atoms with E-state index in [2.05, 4.69) is 20.4 Å². The van der Waals surface area contributed by atoms with Crippen LogP contribution in [0.1, 0.15) is 25.0 Å². The number of nitrogens with one attached hydrogen (secondary N) is 1. The Labute approximate surface area is 105 Å². The molecule has 0 saturated carbocycles. The van der Waals surface area contributed by atoms with Gasteiger partial charge < -0.3 is 4.90 Å². The van der Waals surface area contributed by atoms with Gasteiger partial charge in [-0.15, -0.1) is 0 Å². The SMILES string of the molecule is Cc1cc(=O)n2c(n1)NN=C(N1CCCCC1)C2. The molecule has 0 amide bonds. The average molecular weight is 247 g/mol. The first-order chi connectivity index (χ1) is 8.74. The van der Waals surface area contributed by atoms with Crippen molar-refractivity contribution in [1.82, 2.24) is 14.5 Å². The molecule has 0 unspecified atom stereocenters. The lowest BCUT2D eigenvalue weighted by Gasteiger charge is -2.31. The van der Waals surface area contributed by atoms with E-state index in [1.807, 2.05) is 6.92 Å². The number of amidine groups is 1. The second kappa shape index (κ2) is 4.44. The summed E-state index contributed by atoms with van der Waals surface area (Å²) in [4.78, 5) is 18.5. The summed E-state index contributed by atoms with van der Waals surface area (Å²) in [5, 5.41) is 4.35. The molecule has 1 fully saturated rings. The van der Waals surface area contributed by atoms with Crippen LogP contribution in [0.3, 0.4) is 0 Å². The number of nitrogens with zero attached hydrogens (tertiary/aromatic N) is 4. The predicted molar refractivity (Wildman–Crippen MR) is 69.7 cm³/mol. The number of aryl methyl sites for hydroxylation is 1. The third-order valence-electron chi connectivity index (χ3n) is 3.44. The normalized spacial score (nSPS) is 18.9. The molecule has 18 heavy (non-hydrogen) atoms. The van der Waals surface area contributed by atoms with E-state index in [1.54, 1.807) is 10.6 Å². The van der Waals surface area contributed by atoms with Crippen LogP contribution in [0.2, 0.25) is 0 Å². The van der Waals surface area contributed by atoms with Crippen LogP contribution in [-0.4, -0.2) is 33.4 Å². The molecule has 1 aromatic heterocycles. The van der Waals surface area contributed by atoms with Crippen molar-refractivity contribution in [2.45, 2.75) is 32.7 Å². The highest BCUT2D eigenvalue weighted by Crippen LogP contribution is 2.14. The minimum absolute atomic E-state index is 0.0191. The van der Waals surface area contributed by atoms with Crippen molar-refractivity contribution >= 4 is 11.8 Å². The molecule has 2 aliphatic heterocycles. The van der Waals surface area contributed by atoms with E-state index in [4.69, 9.17) is 0 Å². The molecule has 0 aromatic carbocycles. The van der Waals surface area contributed by atoms with E-state index in [1.165, 1.54) is 19.3 Å². The van der Waals surface area contributed by atoms with Crippen molar-refractivity contribution in [1.29, 1.82) is 0 Å². The molecule has 0 radical (unpaired) electrons. The van der Waals surface area contributed by atoms with Gasteiger partial charge in [0.15, 0.2) is 0 Å². The molecule has 1 N–H and O–H groups in total. The Kier molecular flexibility index (Phi) is 2.77. The Balaban J connectivity index is 1.87. The minimum atomic E-state index is -0.0191. The zero-order chi connectivity index (χ0) is 12.5. The van der Waals surface area contributed by atoms with Gasteiger partial charge >= 0.3 is 0 Å². The molecule has 1 aromatic rings. The summed E-state index contributed by atoms with van der Waals surface area (Å²) >= 11 is 0. The van der Waals surface area contributed by atoms with Gasteiger partial charge in [-0.2, -0.15) is 5.10 Å². The number of rotatable bonds is 0. The summed E-state index contributed by atoms with van der Waals surface area (Å²) in [7, 11) is 0. The molecule has 6 heteroatoms. The number of hydrogen-bond acceptors (Lipinski definition) is 5. The molecule has 0 spiro atoms. The highest BCUT2D eigenvalue weighted by Gasteiger charge is 2.20. The first kappa shape index (κ1) is 11.3. The van der Waals surface area contributed by atoms with Crippen LogP contribution in [0.15, 0.2) is 16.0 Å². The van der Waals surface area contributed by atoms with E-state index in [-0.39, 0.29) is 5.56 Å². The fourth-order valence-corrected chi connectivity index (χ4v) is 2.47. The molecular formula is C12H17N5O. The highest BCUT2D eigenvalue weighted by molar-refractivity contribution is 5.84. The van der Waals surface area contributed by atoms with Gasteiger partial charge in [0.25, 0.3) is 5.56 Å². The van der Waals surface area contributed by atoms with Crippen LogP contribution in [-0.2, 0) is 6.54 Å². The first-order valence-electron chi connectivity index (χ1n) is 6.40. The summed E-state index contributed by atoms with van der Waals surface area (Å²) < 4.78 is 1.64. The second-order valence-electron chi connectivity index (χ2n) is 4.83. The smallest absolute Gasteiger partial charge is 0.255 e. The van der Waals surface area contributed by atoms with E-state index in [9.17, 15) is 4.79 Å². The zero-order valence-electron chi connectivity index (χ0n) is 10.5. The van der Waals surface area contributed by atoms with Gasteiger partial charge in [0.1, 0.15) is 5.84 Å². The van der Waals surface area contributed by atoms with Gasteiger partial charge in [-0.3, -0.25) is 9.36 Å². The molecule has 6 nitrogen and oxygen atoms in total. The third kappa shape index (κ3) is 1.98. The Bertz CT molecular complexity index is 542. The molecule has 3 heterocycles. The van der Waals surface area contributed by atoms with Crippen molar-refractivity contribution in [2.24, 2.45) is 5.10 Å². The van der Waals surface area contributed by atoms with E-state index in [0.29, 0.717) is 12.5 Å². The summed E-state index contributed by atoms with van der Waals surface area (Å²) in [5.41, 5.74) is 3.59. The van der Waals surface area contributed by atoms with Gasteiger partial charge in [-0.25, -0.2) is 10.4 Å². The topological polar surface area (TPSA) is 62.5 Å². The Hall–Kier alpha value is -1.85. The van der Waals surface area contributed by atoms with Gasteiger partial charge in [0, 0.05) is 24.8 Å². The Morgan fingerprint density at radius 1 is 1.28 bits per heavy atom. The van der Waals surface area contributed by atoms with E-state index >= 15 is 0 Å². The standard InChI is InChI=1S/C12H17N5O/c1-9-7-11(18)17-8-10(14-15-12(17)13-9)16-5-3-2-4-6-16/h7H,2-6,8H2,1H3,(H,13,15). The van der Waals surface area contributed by atoms with Crippen molar-refractivity contribution in [3.8, 4) is 0 Å². The third-order valence-corrected chi connectivity index (χ3v) is 3.44. The maximum Gasteiger partial charge on any atom is 0.255 e. The lowest BCUT2D eigenvalue weighted by atomic mass is 10.1. The maximum absolute atomic E-state index is 11.9. The number of anilines is 1. The van der Waals surface area contributed by atoms with Crippen molar-refractivity contribution in [3.63, 3.8) is 0 Å². The molecule has 96 valence electrons. The number of fused-ring (bicyclic) bond motifs is 1. The lowest BCUT2D eigenvalue weighted by Crippen LogP contribution is -2.43. The summed E-state index contributed by atoms with van der Waals surface area (Å²) in [6.07, 6.45) is 3.69. The number of aromatic nitrogens is 2. The first-order valence-corrected chi connectivity index (χ1v) is 6.40. The maximum atomic E-state index is 11.9. The molecule has 0 aliphatic carbocycles. The van der Waals surface area contributed by atoms with Gasteiger partial charge in [-0.1, -0.05) is 0 Å². The fourth-order valence-electron chi connectivity index (χ4n) is 2.47. The summed E-state index contributed by atoms with van der Waals surface area (Å²) in [5.74, 6) is 1.48.